The van der Waals surface area contributed by atoms with Gasteiger partial charge in [0.2, 0.25) is 5.43 Å². The zero-order valence-electron chi connectivity index (χ0n) is 16.3. The number of benzene rings is 1. The smallest absolute Gasteiger partial charge is 0.343 e. The number of fused-ring (bicyclic) bond motifs is 2. The first kappa shape index (κ1) is 19.2. The molecular weight excluding hydrogens is 376 g/mol. The maximum Gasteiger partial charge on any atom is 0.343 e. The number of ether oxygens (including phenoxy) is 3. The molecule has 0 spiro atoms. The third kappa shape index (κ3) is 3.40. The number of carbonyl (C=O) groups is 2. The fourth-order valence-corrected chi connectivity index (χ4v) is 3.76. The van der Waals surface area contributed by atoms with Crippen LogP contribution in [0.25, 0.3) is 0 Å². The van der Waals surface area contributed by atoms with Crippen LogP contribution in [-0.4, -0.2) is 47.3 Å². The monoisotopic (exact) mass is 398 g/mol. The number of amides is 1. The van der Waals surface area contributed by atoms with Crippen molar-refractivity contribution in [3.63, 3.8) is 0 Å². The highest BCUT2D eigenvalue weighted by Gasteiger charge is 2.41. The van der Waals surface area contributed by atoms with E-state index in [0.29, 0.717) is 19.6 Å². The van der Waals surface area contributed by atoms with Gasteiger partial charge in [-0.15, -0.1) is 0 Å². The normalized spacial score (nSPS) is 20.6. The molecular formula is C21H22N2O6. The Morgan fingerprint density at radius 1 is 1.24 bits per heavy atom. The molecule has 0 unspecified atom stereocenters. The second kappa shape index (κ2) is 7.71. The molecule has 1 amide bonds. The van der Waals surface area contributed by atoms with Crippen LogP contribution in [-0.2, 0) is 22.6 Å². The topological polar surface area (TPSA) is 87.1 Å². The number of hydrogen-bond acceptors (Lipinski definition) is 6. The zero-order valence-corrected chi connectivity index (χ0v) is 16.3. The molecule has 2 aromatic rings. The number of rotatable bonds is 4. The molecule has 3 heterocycles. The Morgan fingerprint density at radius 3 is 2.72 bits per heavy atom. The number of hydrogen-bond donors (Lipinski definition) is 0. The fraction of sp³-hybridized carbons (Fsp3) is 0.381. The molecule has 2 aliphatic heterocycles. The highest BCUT2D eigenvalue weighted by atomic mass is 16.5. The quantitative estimate of drug-likeness (QED) is 0.730. The molecule has 8 heteroatoms. The van der Waals surface area contributed by atoms with Crippen LogP contribution >= 0.6 is 0 Å². The van der Waals surface area contributed by atoms with Crippen molar-refractivity contribution in [2.24, 2.45) is 0 Å². The van der Waals surface area contributed by atoms with E-state index in [0.717, 1.165) is 5.56 Å². The van der Waals surface area contributed by atoms with Crippen molar-refractivity contribution in [1.29, 1.82) is 0 Å². The maximum atomic E-state index is 13.3. The summed E-state index contributed by atoms with van der Waals surface area (Å²) >= 11 is 0. The van der Waals surface area contributed by atoms with Crippen molar-refractivity contribution < 1.29 is 23.8 Å². The summed E-state index contributed by atoms with van der Waals surface area (Å²) in [5.41, 5.74) is 0.137. The number of carbonyl (C=O) groups excluding carboxylic acids is 2. The van der Waals surface area contributed by atoms with E-state index in [9.17, 15) is 14.4 Å². The lowest BCUT2D eigenvalue weighted by Gasteiger charge is -2.44. The molecule has 1 fully saturated rings. The molecule has 8 nitrogen and oxygen atoms in total. The van der Waals surface area contributed by atoms with Gasteiger partial charge in [-0.05, 0) is 18.9 Å². The van der Waals surface area contributed by atoms with Gasteiger partial charge in [0.25, 0.3) is 5.91 Å². The largest absolute Gasteiger partial charge is 0.483 e. The van der Waals surface area contributed by atoms with Crippen LogP contribution < -0.4 is 10.2 Å². The summed E-state index contributed by atoms with van der Waals surface area (Å²) in [7, 11) is 1.20. The van der Waals surface area contributed by atoms with Gasteiger partial charge in [0.1, 0.15) is 12.2 Å². The number of methoxy groups -OCH3 is 1. The molecule has 1 aromatic heterocycles. The van der Waals surface area contributed by atoms with Crippen molar-refractivity contribution in [2.75, 3.05) is 13.7 Å². The Bertz CT molecular complexity index is 1000. The zero-order chi connectivity index (χ0) is 20.5. The van der Waals surface area contributed by atoms with Crippen LogP contribution in [0.3, 0.4) is 0 Å². The highest BCUT2D eigenvalue weighted by molar-refractivity contribution is 5.98. The van der Waals surface area contributed by atoms with Gasteiger partial charge in [0, 0.05) is 12.2 Å². The summed E-state index contributed by atoms with van der Waals surface area (Å²) in [4.78, 5) is 40.1. The van der Waals surface area contributed by atoms with E-state index in [4.69, 9.17) is 14.2 Å². The second-order valence-electron chi connectivity index (χ2n) is 7.14. The predicted molar refractivity (Wildman–Crippen MR) is 103 cm³/mol. The Morgan fingerprint density at radius 2 is 2.00 bits per heavy atom. The molecule has 4 rings (SSSR count). The molecule has 2 aliphatic rings. The lowest BCUT2D eigenvalue weighted by molar-refractivity contribution is -0.112. The van der Waals surface area contributed by atoms with Crippen LogP contribution in [0.2, 0.25) is 0 Å². The molecule has 2 atom stereocenters. The maximum absolute atomic E-state index is 13.3. The van der Waals surface area contributed by atoms with Crippen molar-refractivity contribution >= 4 is 11.9 Å². The Labute approximate surface area is 167 Å². The first-order valence-electron chi connectivity index (χ1n) is 9.48. The standard InChI is InChI=1S/C21H22N2O6/c1-13-8-9-28-16-11-22-10-15(21(26)27-2)18(24)19(17(22)20(25)23(13)16)29-12-14-6-4-3-5-7-14/h3-7,10,13,16H,8-9,11-12H2,1-2H3/t13-,16+/m1/s1. The number of nitrogens with zero attached hydrogens (tertiary/aromatic N) is 2. The van der Waals surface area contributed by atoms with E-state index in [2.05, 4.69) is 0 Å². The van der Waals surface area contributed by atoms with E-state index >= 15 is 0 Å². The molecule has 29 heavy (non-hydrogen) atoms. The first-order chi connectivity index (χ1) is 14.0. The average Bonchev–Trinajstić information content (AvgIpc) is 2.73. The predicted octanol–water partition coefficient (Wildman–Crippen LogP) is 1.80. The summed E-state index contributed by atoms with van der Waals surface area (Å²) in [6.07, 6.45) is 1.62. The second-order valence-corrected chi connectivity index (χ2v) is 7.14. The van der Waals surface area contributed by atoms with E-state index < -0.39 is 17.6 Å². The van der Waals surface area contributed by atoms with Gasteiger partial charge in [-0.2, -0.15) is 0 Å². The fourth-order valence-electron chi connectivity index (χ4n) is 3.76. The third-order valence-electron chi connectivity index (χ3n) is 5.29. The molecule has 0 N–H and O–H groups in total. The minimum Gasteiger partial charge on any atom is -0.483 e. The minimum atomic E-state index is -0.775. The van der Waals surface area contributed by atoms with Crippen molar-refractivity contribution in [1.82, 2.24) is 9.47 Å². The third-order valence-corrected chi connectivity index (χ3v) is 5.29. The summed E-state index contributed by atoms with van der Waals surface area (Å²) in [6, 6.07) is 9.27. The lowest BCUT2D eigenvalue weighted by atomic mass is 10.1. The van der Waals surface area contributed by atoms with Crippen LogP contribution in [0.1, 0.15) is 39.8 Å². The molecule has 1 saturated heterocycles. The van der Waals surface area contributed by atoms with Gasteiger partial charge in [-0.25, -0.2) is 4.79 Å². The van der Waals surface area contributed by atoms with E-state index in [-0.39, 0.29) is 35.6 Å². The number of esters is 1. The molecule has 0 bridgehead atoms. The highest BCUT2D eigenvalue weighted by Crippen LogP contribution is 2.30. The van der Waals surface area contributed by atoms with Gasteiger partial charge in [0.15, 0.2) is 17.7 Å². The van der Waals surface area contributed by atoms with Gasteiger partial charge >= 0.3 is 5.97 Å². The van der Waals surface area contributed by atoms with E-state index in [1.807, 2.05) is 37.3 Å². The van der Waals surface area contributed by atoms with Crippen molar-refractivity contribution in [3.05, 3.63) is 63.6 Å². The molecule has 0 saturated carbocycles. The Hall–Kier alpha value is -3.13. The van der Waals surface area contributed by atoms with Gasteiger partial charge in [-0.3, -0.25) is 9.59 Å². The summed E-state index contributed by atoms with van der Waals surface area (Å²) in [6.45, 7) is 2.90. The van der Waals surface area contributed by atoms with Crippen LogP contribution in [0.5, 0.6) is 5.75 Å². The van der Waals surface area contributed by atoms with Crippen LogP contribution in [0.4, 0.5) is 0 Å². The van der Waals surface area contributed by atoms with Gasteiger partial charge in [-0.1, -0.05) is 30.3 Å². The van der Waals surface area contributed by atoms with Crippen LogP contribution in [0, 0.1) is 0 Å². The lowest BCUT2D eigenvalue weighted by Crippen LogP contribution is -2.57. The average molecular weight is 398 g/mol. The minimum absolute atomic E-state index is 0.0210. The molecule has 0 aliphatic carbocycles. The number of aromatic nitrogens is 1. The van der Waals surface area contributed by atoms with E-state index in [1.165, 1.54) is 13.3 Å². The molecule has 152 valence electrons. The number of pyridine rings is 1. The molecule has 0 radical (unpaired) electrons. The van der Waals surface area contributed by atoms with Gasteiger partial charge < -0.3 is 23.7 Å². The van der Waals surface area contributed by atoms with Crippen molar-refractivity contribution in [2.45, 2.75) is 38.8 Å². The Kier molecular flexibility index (Phi) is 5.10. The van der Waals surface area contributed by atoms with E-state index in [1.54, 1.807) is 9.47 Å². The summed E-state index contributed by atoms with van der Waals surface area (Å²) in [5.74, 6) is -1.26. The van der Waals surface area contributed by atoms with Crippen LogP contribution in [0.15, 0.2) is 41.3 Å². The summed E-state index contributed by atoms with van der Waals surface area (Å²) in [5, 5.41) is 0. The Balaban J connectivity index is 1.81. The first-order valence-corrected chi connectivity index (χ1v) is 9.48. The molecule has 1 aromatic carbocycles. The SMILES string of the molecule is COC(=O)c1cn2c(c(OCc3ccccc3)c1=O)C(=O)N1[C@H](C)CCO[C@H]1C2. The summed E-state index contributed by atoms with van der Waals surface area (Å²) < 4.78 is 17.9. The van der Waals surface area contributed by atoms with Gasteiger partial charge in [0.05, 0.1) is 20.3 Å². The van der Waals surface area contributed by atoms with Crippen molar-refractivity contribution in [3.8, 4) is 5.75 Å².